The van der Waals surface area contributed by atoms with Crippen molar-refractivity contribution in [2.45, 2.75) is 19.4 Å². The van der Waals surface area contributed by atoms with Gasteiger partial charge in [0.05, 0.1) is 0 Å². The topological polar surface area (TPSA) is 58.6 Å². The van der Waals surface area contributed by atoms with E-state index in [1.54, 1.807) is 7.05 Å². The van der Waals surface area contributed by atoms with Gasteiger partial charge in [-0.2, -0.15) is 0 Å². The summed E-state index contributed by atoms with van der Waals surface area (Å²) in [6.45, 7) is 2.13. The summed E-state index contributed by atoms with van der Waals surface area (Å²) in [4.78, 5) is 24.6. The van der Waals surface area contributed by atoms with Gasteiger partial charge < -0.3 is 10.1 Å². The van der Waals surface area contributed by atoms with Gasteiger partial charge in [-0.15, -0.1) is 0 Å². The number of nitrogens with one attached hydrogen (secondary N) is 1. The van der Waals surface area contributed by atoms with Crippen LogP contribution in [-0.4, -0.2) is 36.6 Å². The lowest BCUT2D eigenvalue weighted by Crippen LogP contribution is -2.40. The summed E-state index contributed by atoms with van der Waals surface area (Å²) < 4.78 is 4.82. The van der Waals surface area contributed by atoms with E-state index in [-0.39, 0.29) is 12.5 Å². The lowest BCUT2D eigenvalue weighted by atomic mass is 10.1. The summed E-state index contributed by atoms with van der Waals surface area (Å²) in [5, 5.41) is 2.84. The van der Waals surface area contributed by atoms with Crippen LogP contribution in [0, 0.1) is 0 Å². The minimum absolute atomic E-state index is 0.107. The van der Waals surface area contributed by atoms with Crippen molar-refractivity contribution in [2.24, 2.45) is 0 Å². The summed E-state index contributed by atoms with van der Waals surface area (Å²) in [5.41, 5.74) is 1.86. The number of anilines is 1. The molecule has 0 radical (unpaired) electrons. The van der Waals surface area contributed by atoms with Gasteiger partial charge in [-0.05, 0) is 18.1 Å². The molecule has 2 amide bonds. The Hall–Kier alpha value is -2.04. The Bertz CT molecular complexity index is 473. The molecule has 1 fully saturated rings. The van der Waals surface area contributed by atoms with Crippen LogP contribution >= 0.6 is 0 Å². The molecule has 1 atom stereocenters. The Balaban J connectivity index is 2.10. The maximum absolute atomic E-state index is 12.1. The second-order valence-electron chi connectivity index (χ2n) is 4.20. The number of amides is 2. The van der Waals surface area contributed by atoms with E-state index in [1.807, 2.05) is 31.2 Å². The van der Waals surface area contributed by atoms with Crippen LogP contribution < -0.4 is 5.32 Å². The Morgan fingerprint density at radius 1 is 1.50 bits per heavy atom. The molecule has 1 aromatic rings. The molecule has 0 aliphatic carbocycles. The fourth-order valence-corrected chi connectivity index (χ4v) is 1.91. The highest BCUT2D eigenvalue weighted by atomic mass is 16.6. The normalized spacial score (nSPS) is 18.7. The second-order valence-corrected chi connectivity index (χ2v) is 4.20. The highest BCUT2D eigenvalue weighted by molar-refractivity contribution is 5.98. The molecule has 0 spiro atoms. The third kappa shape index (κ3) is 2.30. The molecule has 1 heterocycles. The predicted octanol–water partition coefficient (Wildman–Crippen LogP) is 1.64. The molecular weight excluding hydrogens is 232 g/mol. The Morgan fingerprint density at radius 2 is 2.22 bits per heavy atom. The van der Waals surface area contributed by atoms with Crippen LogP contribution in [0.1, 0.15) is 12.5 Å². The molecule has 2 rings (SSSR count). The maximum Gasteiger partial charge on any atom is 0.410 e. The van der Waals surface area contributed by atoms with Gasteiger partial charge in [-0.1, -0.05) is 25.1 Å². The summed E-state index contributed by atoms with van der Waals surface area (Å²) in [6.07, 6.45) is 0.380. The van der Waals surface area contributed by atoms with Crippen LogP contribution in [0.4, 0.5) is 10.5 Å². The van der Waals surface area contributed by atoms with Crippen molar-refractivity contribution in [1.82, 2.24) is 4.90 Å². The number of nitrogens with zero attached hydrogens (tertiary/aromatic N) is 1. The third-order valence-electron chi connectivity index (χ3n) is 3.08. The van der Waals surface area contributed by atoms with Gasteiger partial charge in [0.1, 0.15) is 12.6 Å². The van der Waals surface area contributed by atoms with Crippen molar-refractivity contribution in [3.05, 3.63) is 29.8 Å². The van der Waals surface area contributed by atoms with E-state index in [4.69, 9.17) is 4.74 Å². The number of ether oxygens (including phenoxy) is 1. The number of cyclic esters (lactones) is 1. The number of carbonyl (C=O) groups is 2. The van der Waals surface area contributed by atoms with Crippen molar-refractivity contribution in [1.29, 1.82) is 0 Å². The lowest BCUT2D eigenvalue weighted by Gasteiger charge is -2.17. The van der Waals surface area contributed by atoms with Crippen LogP contribution in [0.2, 0.25) is 0 Å². The molecule has 1 aromatic carbocycles. The largest absolute Gasteiger partial charge is 0.447 e. The van der Waals surface area contributed by atoms with Gasteiger partial charge in [0.15, 0.2) is 0 Å². The van der Waals surface area contributed by atoms with Gasteiger partial charge in [-0.25, -0.2) is 4.79 Å². The average Bonchev–Trinajstić information content (AvgIpc) is 2.71. The van der Waals surface area contributed by atoms with Crippen molar-refractivity contribution < 1.29 is 14.3 Å². The smallest absolute Gasteiger partial charge is 0.410 e. The van der Waals surface area contributed by atoms with E-state index >= 15 is 0 Å². The van der Waals surface area contributed by atoms with Crippen LogP contribution in [0.5, 0.6) is 0 Å². The molecule has 1 saturated heterocycles. The number of carbonyl (C=O) groups excluding carboxylic acids is 2. The Labute approximate surface area is 106 Å². The lowest BCUT2D eigenvalue weighted by molar-refractivity contribution is -0.119. The minimum atomic E-state index is -0.553. The zero-order chi connectivity index (χ0) is 13.1. The molecule has 1 unspecified atom stereocenters. The van der Waals surface area contributed by atoms with E-state index < -0.39 is 12.1 Å². The molecule has 1 aliphatic heterocycles. The molecular formula is C13H16N2O3. The van der Waals surface area contributed by atoms with Crippen LogP contribution in [0.15, 0.2) is 24.3 Å². The zero-order valence-corrected chi connectivity index (χ0v) is 10.5. The van der Waals surface area contributed by atoms with Crippen LogP contribution in [0.3, 0.4) is 0 Å². The summed E-state index contributed by atoms with van der Waals surface area (Å²) >= 11 is 0. The van der Waals surface area contributed by atoms with E-state index in [0.717, 1.165) is 17.7 Å². The van der Waals surface area contributed by atoms with Crippen molar-refractivity contribution >= 4 is 17.7 Å². The molecule has 0 aromatic heterocycles. The Kier molecular flexibility index (Phi) is 3.50. The fourth-order valence-electron chi connectivity index (χ4n) is 1.91. The molecule has 1 N–H and O–H groups in total. The number of hydrogen-bond donors (Lipinski definition) is 1. The summed E-state index contributed by atoms with van der Waals surface area (Å²) in [6, 6.07) is 7.07. The first-order chi connectivity index (χ1) is 8.63. The summed E-state index contributed by atoms with van der Waals surface area (Å²) in [5.74, 6) is -0.218. The van der Waals surface area contributed by atoms with E-state index in [0.29, 0.717) is 0 Å². The van der Waals surface area contributed by atoms with Crippen LogP contribution in [-0.2, 0) is 16.0 Å². The number of likely N-dealkylation sites (N-methyl/N-ethyl adjacent to an activating group) is 1. The number of para-hydroxylation sites is 1. The highest BCUT2D eigenvalue weighted by Gasteiger charge is 2.35. The zero-order valence-electron chi connectivity index (χ0n) is 10.5. The minimum Gasteiger partial charge on any atom is -0.447 e. The molecule has 5 heteroatoms. The standard InChI is InChI=1S/C13H16N2O3/c1-3-9-6-4-5-7-10(9)14-12(16)11-8-18-13(17)15(11)2/h4-7,11H,3,8H2,1-2H3,(H,14,16). The number of hydrogen-bond acceptors (Lipinski definition) is 3. The van der Waals surface area contributed by atoms with Gasteiger partial charge in [0.2, 0.25) is 0 Å². The van der Waals surface area contributed by atoms with Gasteiger partial charge in [-0.3, -0.25) is 9.69 Å². The maximum atomic E-state index is 12.1. The summed E-state index contributed by atoms with van der Waals surface area (Å²) in [7, 11) is 1.56. The number of benzene rings is 1. The SMILES string of the molecule is CCc1ccccc1NC(=O)C1COC(=O)N1C. The first kappa shape index (κ1) is 12.4. The fraction of sp³-hybridized carbons (Fsp3) is 0.385. The van der Waals surface area contributed by atoms with E-state index in [9.17, 15) is 9.59 Å². The third-order valence-corrected chi connectivity index (χ3v) is 3.08. The number of aryl methyl sites for hydroxylation is 1. The van der Waals surface area contributed by atoms with Crippen LogP contribution in [0.25, 0.3) is 0 Å². The van der Waals surface area contributed by atoms with Crippen molar-refractivity contribution in [3.63, 3.8) is 0 Å². The molecule has 96 valence electrons. The molecule has 18 heavy (non-hydrogen) atoms. The van der Waals surface area contributed by atoms with E-state index in [2.05, 4.69) is 5.32 Å². The van der Waals surface area contributed by atoms with E-state index in [1.165, 1.54) is 4.90 Å². The van der Waals surface area contributed by atoms with Crippen molar-refractivity contribution in [2.75, 3.05) is 19.0 Å². The van der Waals surface area contributed by atoms with Gasteiger partial charge in [0, 0.05) is 12.7 Å². The predicted molar refractivity (Wildman–Crippen MR) is 67.3 cm³/mol. The Morgan fingerprint density at radius 3 is 2.83 bits per heavy atom. The average molecular weight is 248 g/mol. The van der Waals surface area contributed by atoms with Gasteiger partial charge in [0.25, 0.3) is 5.91 Å². The molecule has 0 saturated carbocycles. The van der Waals surface area contributed by atoms with Crippen molar-refractivity contribution in [3.8, 4) is 0 Å². The second kappa shape index (κ2) is 5.08. The highest BCUT2D eigenvalue weighted by Crippen LogP contribution is 2.17. The first-order valence-electron chi connectivity index (χ1n) is 5.92. The van der Waals surface area contributed by atoms with Gasteiger partial charge >= 0.3 is 6.09 Å². The molecule has 1 aliphatic rings. The molecule has 5 nitrogen and oxygen atoms in total. The quantitative estimate of drug-likeness (QED) is 0.884. The first-order valence-corrected chi connectivity index (χ1v) is 5.92. The molecule has 0 bridgehead atoms. The monoisotopic (exact) mass is 248 g/mol. The number of rotatable bonds is 3.